The Labute approximate surface area is 118 Å². The van der Waals surface area contributed by atoms with Gasteiger partial charge in [-0.1, -0.05) is 12.1 Å². The molecular formula is C15H10F2N2O2. The average Bonchev–Trinajstić information content (AvgIpc) is 2.81. The molecule has 0 unspecified atom stereocenters. The molecule has 0 atom stereocenters. The van der Waals surface area contributed by atoms with Crippen LogP contribution in [0.15, 0.2) is 42.6 Å². The first kappa shape index (κ1) is 13.2. The fraction of sp³-hybridized carbons (Fsp3) is 0.0667. The lowest BCUT2D eigenvalue weighted by Crippen LogP contribution is -2.06. The third-order valence-electron chi connectivity index (χ3n) is 3.16. The van der Waals surface area contributed by atoms with E-state index in [9.17, 15) is 18.7 Å². The van der Waals surface area contributed by atoms with Crippen LogP contribution in [0.25, 0.3) is 5.65 Å². The zero-order valence-corrected chi connectivity index (χ0v) is 10.8. The van der Waals surface area contributed by atoms with Crippen LogP contribution in [0.3, 0.4) is 0 Å². The zero-order valence-electron chi connectivity index (χ0n) is 10.8. The van der Waals surface area contributed by atoms with Gasteiger partial charge in [-0.05, 0) is 29.8 Å². The van der Waals surface area contributed by atoms with Crippen molar-refractivity contribution in [2.45, 2.75) is 6.42 Å². The van der Waals surface area contributed by atoms with Crippen LogP contribution in [0.4, 0.5) is 8.78 Å². The summed E-state index contributed by atoms with van der Waals surface area (Å²) >= 11 is 0. The minimum atomic E-state index is -1.19. The molecule has 0 aliphatic heterocycles. The third kappa shape index (κ3) is 2.35. The summed E-state index contributed by atoms with van der Waals surface area (Å²) in [6.45, 7) is 0. The molecule has 106 valence electrons. The second kappa shape index (κ2) is 4.97. The van der Waals surface area contributed by atoms with Gasteiger partial charge in [0.15, 0.2) is 17.2 Å². The molecule has 0 fully saturated rings. The van der Waals surface area contributed by atoms with Gasteiger partial charge in [-0.15, -0.1) is 0 Å². The number of carboxylic acids is 1. The summed E-state index contributed by atoms with van der Waals surface area (Å²) in [6.07, 6.45) is 1.63. The molecule has 4 nitrogen and oxygen atoms in total. The van der Waals surface area contributed by atoms with Crippen molar-refractivity contribution in [1.29, 1.82) is 0 Å². The van der Waals surface area contributed by atoms with Crippen LogP contribution in [0.2, 0.25) is 0 Å². The normalized spacial score (nSPS) is 11.0. The van der Waals surface area contributed by atoms with Gasteiger partial charge in [0.2, 0.25) is 0 Å². The lowest BCUT2D eigenvalue weighted by molar-refractivity contribution is 0.0688. The Morgan fingerprint density at radius 3 is 2.57 bits per heavy atom. The van der Waals surface area contributed by atoms with Gasteiger partial charge < -0.3 is 5.11 Å². The van der Waals surface area contributed by atoms with E-state index in [0.29, 0.717) is 5.56 Å². The molecule has 1 N–H and O–H groups in total. The first-order valence-corrected chi connectivity index (χ1v) is 6.19. The van der Waals surface area contributed by atoms with Crippen molar-refractivity contribution in [2.24, 2.45) is 0 Å². The van der Waals surface area contributed by atoms with Crippen LogP contribution in [0, 0.1) is 11.6 Å². The molecule has 0 spiro atoms. The molecule has 1 aromatic carbocycles. The molecular weight excluding hydrogens is 278 g/mol. The number of pyridine rings is 1. The minimum absolute atomic E-state index is 0.0352. The first-order valence-electron chi connectivity index (χ1n) is 6.19. The fourth-order valence-corrected chi connectivity index (χ4v) is 2.23. The SMILES string of the molecule is O=C(O)c1c(Cc2ccc(F)cc2)nc2c(F)cccn12. The van der Waals surface area contributed by atoms with Crippen LogP contribution < -0.4 is 0 Å². The number of benzene rings is 1. The highest BCUT2D eigenvalue weighted by molar-refractivity contribution is 5.88. The zero-order chi connectivity index (χ0) is 15.0. The number of halogens is 2. The maximum atomic E-state index is 13.7. The largest absolute Gasteiger partial charge is 0.477 e. The molecule has 0 saturated carbocycles. The van der Waals surface area contributed by atoms with Crippen LogP contribution in [0.1, 0.15) is 21.7 Å². The maximum Gasteiger partial charge on any atom is 0.354 e. The van der Waals surface area contributed by atoms with Crippen molar-refractivity contribution in [3.05, 3.63) is 71.2 Å². The van der Waals surface area contributed by atoms with E-state index in [-0.39, 0.29) is 29.3 Å². The van der Waals surface area contributed by atoms with Gasteiger partial charge >= 0.3 is 5.97 Å². The number of nitrogens with zero attached hydrogens (tertiary/aromatic N) is 2. The summed E-state index contributed by atoms with van der Waals surface area (Å²) < 4.78 is 27.8. The second-order valence-corrected chi connectivity index (χ2v) is 4.57. The minimum Gasteiger partial charge on any atom is -0.477 e. The highest BCUT2D eigenvalue weighted by Crippen LogP contribution is 2.19. The molecule has 0 bridgehead atoms. The molecule has 3 aromatic rings. The molecule has 3 rings (SSSR count). The van der Waals surface area contributed by atoms with Crippen molar-refractivity contribution in [3.8, 4) is 0 Å². The topological polar surface area (TPSA) is 54.6 Å². The number of fused-ring (bicyclic) bond motifs is 1. The first-order chi connectivity index (χ1) is 10.1. The van der Waals surface area contributed by atoms with E-state index in [2.05, 4.69) is 4.98 Å². The lowest BCUT2D eigenvalue weighted by Gasteiger charge is -2.01. The predicted molar refractivity (Wildman–Crippen MR) is 71.3 cm³/mol. The number of hydrogen-bond acceptors (Lipinski definition) is 2. The highest BCUT2D eigenvalue weighted by Gasteiger charge is 2.20. The van der Waals surface area contributed by atoms with Crippen molar-refractivity contribution < 1.29 is 18.7 Å². The van der Waals surface area contributed by atoms with E-state index in [1.54, 1.807) is 12.1 Å². The smallest absolute Gasteiger partial charge is 0.354 e. The van der Waals surface area contributed by atoms with Crippen molar-refractivity contribution in [3.63, 3.8) is 0 Å². The molecule has 0 aliphatic carbocycles. The molecule has 0 saturated heterocycles. The Balaban J connectivity index is 2.13. The number of hydrogen-bond donors (Lipinski definition) is 1. The molecule has 2 heterocycles. The van der Waals surface area contributed by atoms with Gasteiger partial charge in [-0.3, -0.25) is 4.40 Å². The van der Waals surface area contributed by atoms with Gasteiger partial charge in [0.05, 0.1) is 5.69 Å². The standard InChI is InChI=1S/C15H10F2N2O2/c16-10-5-3-9(4-6-10)8-12-13(15(20)21)19-7-1-2-11(17)14(19)18-12/h1-7H,8H2,(H,20,21). The van der Waals surface area contributed by atoms with E-state index >= 15 is 0 Å². The predicted octanol–water partition coefficient (Wildman–Crippen LogP) is 2.90. The Morgan fingerprint density at radius 1 is 1.19 bits per heavy atom. The molecule has 2 aromatic heterocycles. The van der Waals surface area contributed by atoms with E-state index < -0.39 is 11.8 Å². The molecule has 0 amide bonds. The van der Waals surface area contributed by atoms with Crippen LogP contribution in [-0.4, -0.2) is 20.5 Å². The van der Waals surface area contributed by atoms with Gasteiger partial charge in [0.1, 0.15) is 5.82 Å². The summed E-state index contributed by atoms with van der Waals surface area (Å²) in [4.78, 5) is 15.5. The summed E-state index contributed by atoms with van der Waals surface area (Å²) in [6, 6.07) is 8.29. The van der Waals surface area contributed by atoms with Crippen LogP contribution >= 0.6 is 0 Å². The van der Waals surface area contributed by atoms with Crippen molar-refractivity contribution in [2.75, 3.05) is 0 Å². The summed E-state index contributed by atoms with van der Waals surface area (Å²) in [7, 11) is 0. The van der Waals surface area contributed by atoms with E-state index in [0.717, 1.165) is 0 Å². The van der Waals surface area contributed by atoms with E-state index in [1.807, 2.05) is 0 Å². The van der Waals surface area contributed by atoms with Gasteiger partial charge in [-0.2, -0.15) is 0 Å². The average molecular weight is 288 g/mol. The second-order valence-electron chi connectivity index (χ2n) is 4.57. The number of carboxylic acid groups (broad SMARTS) is 1. The van der Waals surface area contributed by atoms with Crippen molar-refractivity contribution in [1.82, 2.24) is 9.38 Å². The summed E-state index contributed by atoms with van der Waals surface area (Å²) in [5.41, 5.74) is 0.808. The number of carbonyl (C=O) groups is 1. The number of aromatic nitrogens is 2. The quantitative estimate of drug-likeness (QED) is 0.806. The third-order valence-corrected chi connectivity index (χ3v) is 3.16. The highest BCUT2D eigenvalue weighted by atomic mass is 19.1. The van der Waals surface area contributed by atoms with Crippen molar-refractivity contribution >= 4 is 11.6 Å². The summed E-state index contributed by atoms with van der Waals surface area (Å²) in [5.74, 6) is -2.16. The number of imidazole rings is 1. The number of rotatable bonds is 3. The van der Waals surface area contributed by atoms with E-state index in [4.69, 9.17) is 0 Å². The van der Waals surface area contributed by atoms with Crippen LogP contribution in [0.5, 0.6) is 0 Å². The van der Waals surface area contributed by atoms with Gasteiger partial charge in [0.25, 0.3) is 0 Å². The monoisotopic (exact) mass is 288 g/mol. The Hall–Kier alpha value is -2.76. The maximum absolute atomic E-state index is 13.7. The fourth-order valence-electron chi connectivity index (χ4n) is 2.23. The molecule has 0 radical (unpaired) electrons. The summed E-state index contributed by atoms with van der Waals surface area (Å²) in [5, 5.41) is 9.32. The lowest BCUT2D eigenvalue weighted by atomic mass is 10.1. The van der Waals surface area contributed by atoms with Gasteiger partial charge in [0, 0.05) is 12.6 Å². The Morgan fingerprint density at radius 2 is 1.90 bits per heavy atom. The molecule has 0 aliphatic rings. The Kier molecular flexibility index (Phi) is 3.13. The van der Waals surface area contributed by atoms with Gasteiger partial charge in [-0.25, -0.2) is 18.6 Å². The Bertz CT molecular complexity index is 826. The molecule has 21 heavy (non-hydrogen) atoms. The molecule has 6 heteroatoms. The number of aromatic carboxylic acids is 1. The van der Waals surface area contributed by atoms with Crippen LogP contribution in [-0.2, 0) is 6.42 Å². The van der Waals surface area contributed by atoms with E-state index in [1.165, 1.54) is 34.9 Å².